The fraction of sp³-hybridized carbons (Fsp3) is 0.318. The Hall–Kier alpha value is -3.05. The van der Waals surface area contributed by atoms with Crippen molar-refractivity contribution in [3.8, 4) is 11.5 Å². The van der Waals surface area contributed by atoms with Crippen LogP contribution in [0, 0.1) is 17.5 Å². The second-order valence-corrected chi connectivity index (χ2v) is 9.14. The number of amides is 1. The number of methoxy groups -OCH3 is 2. The molecule has 1 heterocycles. The molecule has 178 valence electrons. The predicted molar refractivity (Wildman–Crippen MR) is 114 cm³/mol. The highest BCUT2D eigenvalue weighted by atomic mass is 32.2. The average molecular weight is 484 g/mol. The highest BCUT2D eigenvalue weighted by Gasteiger charge is 2.34. The zero-order valence-corrected chi connectivity index (χ0v) is 18.9. The molecule has 3 rings (SSSR count). The molecule has 2 aromatic rings. The number of rotatable bonds is 7. The molecule has 0 aromatic heterocycles. The Morgan fingerprint density at radius 3 is 2.30 bits per heavy atom. The maximum Gasteiger partial charge on any atom is 0.254 e. The molecule has 2 aromatic carbocycles. The molecule has 0 radical (unpaired) electrons. The van der Waals surface area contributed by atoms with Crippen LogP contribution in [0.25, 0.3) is 0 Å². The van der Waals surface area contributed by atoms with Gasteiger partial charge in [-0.05, 0) is 30.7 Å². The van der Waals surface area contributed by atoms with Crippen molar-refractivity contribution < 1.29 is 35.9 Å². The van der Waals surface area contributed by atoms with Crippen LogP contribution in [0.1, 0.15) is 15.9 Å². The molecule has 0 atom stereocenters. The molecule has 0 N–H and O–H groups in total. The summed E-state index contributed by atoms with van der Waals surface area (Å²) in [6.07, 6.45) is 2.10. The lowest BCUT2D eigenvalue weighted by Gasteiger charge is -2.34. The molecule has 0 bridgehead atoms. The number of ether oxygens (including phenoxy) is 2. The van der Waals surface area contributed by atoms with Crippen LogP contribution < -0.4 is 9.47 Å². The van der Waals surface area contributed by atoms with Crippen molar-refractivity contribution in [3.05, 3.63) is 65.5 Å². The summed E-state index contributed by atoms with van der Waals surface area (Å²) in [7, 11) is -1.48. The highest BCUT2D eigenvalue weighted by Crippen LogP contribution is 2.34. The first-order valence-electron chi connectivity index (χ1n) is 9.94. The highest BCUT2D eigenvalue weighted by molar-refractivity contribution is 7.89. The van der Waals surface area contributed by atoms with E-state index in [1.165, 1.54) is 25.2 Å². The smallest absolute Gasteiger partial charge is 0.254 e. The van der Waals surface area contributed by atoms with E-state index in [4.69, 9.17) is 9.47 Å². The van der Waals surface area contributed by atoms with E-state index in [-0.39, 0.29) is 32.1 Å². The second kappa shape index (κ2) is 9.84. The fourth-order valence-electron chi connectivity index (χ4n) is 3.63. The summed E-state index contributed by atoms with van der Waals surface area (Å²) in [5.74, 6) is -4.60. The van der Waals surface area contributed by atoms with Crippen LogP contribution in [0.4, 0.5) is 13.2 Å². The SMILES string of the molecule is C=CCc1cc(C(=O)N2CCN(S(=O)(=O)c3ccc(F)c(F)c3F)CC2)cc(OC)c1OC. The number of carbonyl (C=O) groups excluding carboxylic acids is 1. The van der Waals surface area contributed by atoms with Gasteiger partial charge in [0.25, 0.3) is 5.91 Å². The molecule has 1 aliphatic rings. The molecule has 1 saturated heterocycles. The third kappa shape index (κ3) is 4.69. The Balaban J connectivity index is 1.80. The molecule has 1 amide bonds. The zero-order valence-electron chi connectivity index (χ0n) is 18.1. The van der Waals surface area contributed by atoms with E-state index in [1.807, 2.05) is 0 Å². The molecule has 1 aliphatic heterocycles. The molecule has 7 nitrogen and oxygen atoms in total. The van der Waals surface area contributed by atoms with Gasteiger partial charge in [-0.3, -0.25) is 4.79 Å². The zero-order chi connectivity index (χ0) is 24.3. The molecule has 33 heavy (non-hydrogen) atoms. The number of hydrogen-bond acceptors (Lipinski definition) is 5. The van der Waals surface area contributed by atoms with Gasteiger partial charge in [0, 0.05) is 37.3 Å². The number of piperazine rings is 1. The van der Waals surface area contributed by atoms with Crippen molar-refractivity contribution in [2.75, 3.05) is 40.4 Å². The number of benzene rings is 2. The summed E-state index contributed by atoms with van der Waals surface area (Å²) in [6.45, 7) is 3.46. The maximum atomic E-state index is 14.1. The first-order valence-corrected chi connectivity index (χ1v) is 11.4. The lowest BCUT2D eigenvalue weighted by molar-refractivity contribution is 0.0697. The van der Waals surface area contributed by atoms with Crippen LogP contribution in [0.3, 0.4) is 0 Å². The van der Waals surface area contributed by atoms with E-state index < -0.39 is 32.4 Å². The standard InChI is InChI=1S/C22H23F3N2O5S/c1-4-5-14-12-15(13-17(31-2)21(14)32-3)22(28)26-8-10-27(11-9-26)33(29,30)18-7-6-16(23)19(24)20(18)25/h4,6-7,12-13H,1,5,8-11H2,2-3H3. The molecule has 0 saturated carbocycles. The van der Waals surface area contributed by atoms with Crippen molar-refractivity contribution in [3.63, 3.8) is 0 Å². The summed E-state index contributed by atoms with van der Waals surface area (Å²) < 4.78 is 77.9. The number of carbonyl (C=O) groups is 1. The Morgan fingerprint density at radius 1 is 1.06 bits per heavy atom. The normalized spacial score (nSPS) is 14.8. The third-order valence-corrected chi connectivity index (χ3v) is 7.23. The summed E-state index contributed by atoms with van der Waals surface area (Å²) in [5.41, 5.74) is 1.03. The average Bonchev–Trinajstić information content (AvgIpc) is 2.81. The lowest BCUT2D eigenvalue weighted by Crippen LogP contribution is -2.50. The van der Waals surface area contributed by atoms with Crippen molar-refractivity contribution >= 4 is 15.9 Å². The first-order chi connectivity index (χ1) is 15.6. The maximum absolute atomic E-state index is 14.1. The first kappa shape index (κ1) is 24.6. The van der Waals surface area contributed by atoms with E-state index in [0.717, 1.165) is 4.31 Å². The molecular formula is C22H23F3N2O5S. The molecule has 0 aliphatic carbocycles. The van der Waals surface area contributed by atoms with Gasteiger partial charge < -0.3 is 14.4 Å². The van der Waals surface area contributed by atoms with Gasteiger partial charge in [0.15, 0.2) is 29.0 Å². The van der Waals surface area contributed by atoms with Crippen molar-refractivity contribution in [1.29, 1.82) is 0 Å². The Kier molecular flexibility index (Phi) is 7.33. The van der Waals surface area contributed by atoms with Crippen LogP contribution in [0.2, 0.25) is 0 Å². The van der Waals surface area contributed by atoms with Gasteiger partial charge >= 0.3 is 0 Å². The van der Waals surface area contributed by atoms with Crippen molar-refractivity contribution in [1.82, 2.24) is 9.21 Å². The van der Waals surface area contributed by atoms with Gasteiger partial charge in [0.05, 0.1) is 14.2 Å². The quantitative estimate of drug-likeness (QED) is 0.446. The van der Waals surface area contributed by atoms with Crippen LogP contribution in [0.15, 0.2) is 41.8 Å². The van der Waals surface area contributed by atoms with Crippen LogP contribution in [-0.2, 0) is 16.4 Å². The van der Waals surface area contributed by atoms with Gasteiger partial charge in [-0.1, -0.05) is 6.08 Å². The van der Waals surface area contributed by atoms with Gasteiger partial charge in [-0.15, -0.1) is 6.58 Å². The van der Waals surface area contributed by atoms with Crippen molar-refractivity contribution in [2.45, 2.75) is 11.3 Å². The van der Waals surface area contributed by atoms with E-state index >= 15 is 0 Å². The third-order valence-electron chi connectivity index (χ3n) is 5.31. The van der Waals surface area contributed by atoms with E-state index in [0.29, 0.717) is 41.2 Å². The number of sulfonamides is 1. The van der Waals surface area contributed by atoms with Crippen LogP contribution in [0.5, 0.6) is 11.5 Å². The van der Waals surface area contributed by atoms with Gasteiger partial charge in [-0.25, -0.2) is 21.6 Å². The Bertz CT molecular complexity index is 1180. The minimum Gasteiger partial charge on any atom is -0.493 e. The minimum absolute atomic E-state index is 0.0223. The molecule has 0 spiro atoms. The van der Waals surface area contributed by atoms with E-state index in [1.54, 1.807) is 12.1 Å². The molecule has 0 unspecified atom stereocenters. The minimum atomic E-state index is -4.41. The van der Waals surface area contributed by atoms with Crippen LogP contribution >= 0.6 is 0 Å². The number of nitrogens with zero attached hydrogens (tertiary/aromatic N) is 2. The molecular weight excluding hydrogens is 461 g/mol. The summed E-state index contributed by atoms with van der Waals surface area (Å²) >= 11 is 0. The lowest BCUT2D eigenvalue weighted by atomic mass is 10.0. The van der Waals surface area contributed by atoms with Gasteiger partial charge in [0.1, 0.15) is 4.90 Å². The molecule has 1 fully saturated rings. The summed E-state index contributed by atoms with van der Waals surface area (Å²) in [4.78, 5) is 13.6. The fourth-order valence-corrected chi connectivity index (χ4v) is 5.11. The topological polar surface area (TPSA) is 76.2 Å². The molecule has 11 heteroatoms. The number of halogens is 3. The van der Waals surface area contributed by atoms with Gasteiger partial charge in [-0.2, -0.15) is 4.31 Å². The Labute approximate surface area is 190 Å². The number of hydrogen-bond donors (Lipinski definition) is 0. The summed E-state index contributed by atoms with van der Waals surface area (Å²) in [6, 6.07) is 4.44. The number of allylic oxidation sites excluding steroid dienone is 1. The van der Waals surface area contributed by atoms with E-state index in [2.05, 4.69) is 6.58 Å². The summed E-state index contributed by atoms with van der Waals surface area (Å²) in [5, 5.41) is 0. The largest absolute Gasteiger partial charge is 0.493 e. The van der Waals surface area contributed by atoms with Crippen LogP contribution in [-0.4, -0.2) is 63.9 Å². The van der Waals surface area contributed by atoms with Gasteiger partial charge in [0.2, 0.25) is 10.0 Å². The predicted octanol–water partition coefficient (Wildman–Crippen LogP) is 3.00. The monoisotopic (exact) mass is 484 g/mol. The van der Waals surface area contributed by atoms with Crippen molar-refractivity contribution in [2.24, 2.45) is 0 Å². The van der Waals surface area contributed by atoms with E-state index in [9.17, 15) is 26.4 Å². The second-order valence-electron chi connectivity index (χ2n) is 7.23. The Morgan fingerprint density at radius 2 is 1.73 bits per heavy atom.